The summed E-state index contributed by atoms with van der Waals surface area (Å²) in [6.07, 6.45) is -2.54. The fraction of sp³-hybridized carbons (Fsp3) is 0.781. The smallest absolute Gasteiger partial charge is 0.407 e. The van der Waals surface area contributed by atoms with Crippen LogP contribution < -0.4 is 10.1 Å². The fourth-order valence-corrected chi connectivity index (χ4v) is 3.52. The van der Waals surface area contributed by atoms with Crippen molar-refractivity contribution in [2.24, 2.45) is 0 Å². The van der Waals surface area contributed by atoms with Crippen molar-refractivity contribution >= 4 is 6.09 Å². The second-order valence-corrected chi connectivity index (χ2v) is 10.1. The molecule has 1 rings (SSSR count). The van der Waals surface area contributed by atoms with Crippen LogP contribution in [0.25, 0.3) is 0 Å². The Hall–Kier alpha value is -2.47. The predicted octanol–water partition coefficient (Wildman–Crippen LogP) is 1.21. The molecule has 16 nitrogen and oxygen atoms in total. The van der Waals surface area contributed by atoms with E-state index in [1.807, 2.05) is 0 Å². The van der Waals surface area contributed by atoms with Gasteiger partial charge >= 0.3 is 6.09 Å². The highest BCUT2D eigenvalue weighted by Crippen LogP contribution is 2.27. The van der Waals surface area contributed by atoms with E-state index in [-0.39, 0.29) is 58.7 Å². The molecule has 1 atom stereocenters. The molecule has 1 unspecified atom stereocenters. The maximum Gasteiger partial charge on any atom is 0.407 e. The van der Waals surface area contributed by atoms with Crippen molar-refractivity contribution < 1.29 is 89.4 Å². The van der Waals surface area contributed by atoms with Crippen LogP contribution in [0.1, 0.15) is 6.42 Å². The van der Waals surface area contributed by atoms with Crippen molar-refractivity contribution in [2.75, 3.05) is 152 Å². The first-order chi connectivity index (χ1) is 25.4. The number of aliphatic hydroxyl groups is 2. The van der Waals surface area contributed by atoms with Crippen molar-refractivity contribution in [1.82, 2.24) is 5.32 Å². The molecule has 304 valence electrons. The summed E-state index contributed by atoms with van der Waals surface area (Å²) in [6.45, 7) is 7.14. The van der Waals surface area contributed by atoms with Gasteiger partial charge in [-0.2, -0.15) is 8.78 Å². The van der Waals surface area contributed by atoms with Gasteiger partial charge < -0.3 is 72.4 Å². The van der Waals surface area contributed by atoms with Gasteiger partial charge in [-0.3, -0.25) is 0 Å². The van der Waals surface area contributed by atoms with E-state index < -0.39 is 41.4 Å². The molecule has 0 aromatic heterocycles. The number of ether oxygens (including phenoxy) is 12. The lowest BCUT2D eigenvalue weighted by Gasteiger charge is -2.15. The summed E-state index contributed by atoms with van der Waals surface area (Å²) in [5.74, 6) is -8.09. The van der Waals surface area contributed by atoms with E-state index >= 15 is 0 Å². The topological polar surface area (TPSA) is 180 Å². The standard InChI is InChI=1S/C32H53F4NO15/c33-26-25-27(34)30(36)31(29(26)35)52-28(39)1-4-41-5-6-42-7-8-43-9-10-44-11-12-45-13-14-46-15-16-47-17-18-48-19-20-49-21-22-50-23-24-51-32(40)37-2-3-38/h25,28,38-39H,1-24H2,(H,37,40). The Morgan fingerprint density at radius 1 is 0.538 bits per heavy atom. The zero-order chi connectivity index (χ0) is 37.9. The zero-order valence-corrected chi connectivity index (χ0v) is 29.3. The number of halogens is 4. The molecular formula is C32H53F4NO15. The highest BCUT2D eigenvalue weighted by molar-refractivity contribution is 5.66. The monoisotopic (exact) mass is 767 g/mol. The van der Waals surface area contributed by atoms with Gasteiger partial charge in [-0.15, -0.1) is 0 Å². The molecule has 0 aliphatic carbocycles. The van der Waals surface area contributed by atoms with Gasteiger partial charge in [0.25, 0.3) is 0 Å². The number of hydrogen-bond acceptors (Lipinski definition) is 15. The lowest BCUT2D eigenvalue weighted by Crippen LogP contribution is -2.28. The van der Waals surface area contributed by atoms with E-state index in [0.717, 1.165) is 0 Å². The van der Waals surface area contributed by atoms with E-state index in [0.29, 0.717) is 106 Å². The zero-order valence-electron chi connectivity index (χ0n) is 29.3. The third kappa shape index (κ3) is 27.2. The van der Waals surface area contributed by atoms with Crippen LogP contribution in [0.5, 0.6) is 5.75 Å². The molecular weight excluding hydrogens is 714 g/mol. The number of nitrogens with one attached hydrogen (secondary N) is 1. The Morgan fingerprint density at radius 3 is 1.17 bits per heavy atom. The van der Waals surface area contributed by atoms with Gasteiger partial charge in [0.05, 0.1) is 139 Å². The van der Waals surface area contributed by atoms with Crippen molar-refractivity contribution in [3.63, 3.8) is 0 Å². The van der Waals surface area contributed by atoms with Gasteiger partial charge in [0.15, 0.2) is 23.7 Å². The number of alkyl carbamates (subject to hydrolysis) is 1. The molecule has 0 spiro atoms. The van der Waals surface area contributed by atoms with Crippen LogP contribution in [-0.4, -0.2) is 174 Å². The molecule has 1 amide bonds. The quantitative estimate of drug-likeness (QED) is 0.0381. The molecule has 1 aromatic rings. The van der Waals surface area contributed by atoms with E-state index in [1.54, 1.807) is 0 Å². The summed E-state index contributed by atoms with van der Waals surface area (Å²) in [6, 6.07) is 0.0434. The third-order valence-electron chi connectivity index (χ3n) is 6.02. The summed E-state index contributed by atoms with van der Waals surface area (Å²) in [7, 11) is 0. The average Bonchev–Trinajstić information content (AvgIpc) is 3.13. The highest BCUT2D eigenvalue weighted by atomic mass is 19.2. The SMILES string of the molecule is O=C(NCCO)OCCOCCOCCOCCOCCOCCOCCOCCOCCOCCOCCC(O)Oc1c(F)c(F)cc(F)c1F. The van der Waals surface area contributed by atoms with Crippen LogP contribution in [-0.2, 0) is 52.1 Å². The maximum atomic E-state index is 13.6. The molecule has 20 heteroatoms. The molecule has 0 radical (unpaired) electrons. The lowest BCUT2D eigenvalue weighted by atomic mass is 10.3. The van der Waals surface area contributed by atoms with Crippen LogP contribution >= 0.6 is 0 Å². The Bertz CT molecular complexity index is 979. The number of carbonyl (C=O) groups is 1. The molecule has 0 bridgehead atoms. The predicted molar refractivity (Wildman–Crippen MR) is 172 cm³/mol. The summed E-state index contributed by atoms with van der Waals surface area (Å²) < 4.78 is 117. The largest absolute Gasteiger partial charge is 0.459 e. The Morgan fingerprint density at radius 2 is 0.846 bits per heavy atom. The van der Waals surface area contributed by atoms with Crippen molar-refractivity contribution in [2.45, 2.75) is 12.7 Å². The maximum absolute atomic E-state index is 13.6. The van der Waals surface area contributed by atoms with Crippen LogP contribution in [0.4, 0.5) is 22.4 Å². The van der Waals surface area contributed by atoms with Crippen molar-refractivity contribution in [1.29, 1.82) is 0 Å². The summed E-state index contributed by atoms with van der Waals surface area (Å²) in [4.78, 5) is 11.1. The number of hydrogen-bond donors (Lipinski definition) is 3. The van der Waals surface area contributed by atoms with Gasteiger partial charge in [0.1, 0.15) is 6.61 Å². The van der Waals surface area contributed by atoms with Crippen molar-refractivity contribution in [3.8, 4) is 5.75 Å². The molecule has 0 saturated heterocycles. The van der Waals surface area contributed by atoms with Gasteiger partial charge in [0, 0.05) is 19.0 Å². The van der Waals surface area contributed by atoms with Crippen LogP contribution in [0.3, 0.4) is 0 Å². The van der Waals surface area contributed by atoms with Crippen LogP contribution in [0.15, 0.2) is 6.07 Å². The summed E-state index contributed by atoms with van der Waals surface area (Å²) >= 11 is 0. The second-order valence-electron chi connectivity index (χ2n) is 10.1. The van der Waals surface area contributed by atoms with Gasteiger partial charge in [-0.25, -0.2) is 13.6 Å². The number of benzene rings is 1. The van der Waals surface area contributed by atoms with E-state index in [2.05, 4.69) is 10.1 Å². The van der Waals surface area contributed by atoms with E-state index in [9.17, 15) is 27.5 Å². The number of carbonyl (C=O) groups excluding carboxylic acids is 1. The Balaban J connectivity index is 1.71. The highest BCUT2D eigenvalue weighted by Gasteiger charge is 2.22. The van der Waals surface area contributed by atoms with Crippen molar-refractivity contribution in [3.05, 3.63) is 29.3 Å². The van der Waals surface area contributed by atoms with E-state index in [4.69, 9.17) is 57.2 Å². The minimum atomic E-state index is -1.74. The van der Waals surface area contributed by atoms with Crippen LogP contribution in [0.2, 0.25) is 0 Å². The summed E-state index contributed by atoms with van der Waals surface area (Å²) in [5, 5.41) is 20.6. The number of aliphatic hydroxyl groups excluding tert-OH is 2. The molecule has 0 aliphatic heterocycles. The lowest BCUT2D eigenvalue weighted by molar-refractivity contribution is -0.0526. The molecule has 0 heterocycles. The number of amides is 1. The van der Waals surface area contributed by atoms with Gasteiger partial charge in [-0.05, 0) is 0 Å². The minimum Gasteiger partial charge on any atom is -0.459 e. The van der Waals surface area contributed by atoms with E-state index in [1.165, 1.54) is 0 Å². The Labute approximate surface area is 300 Å². The normalized spacial score (nSPS) is 12.0. The summed E-state index contributed by atoms with van der Waals surface area (Å²) in [5.41, 5.74) is 0. The molecule has 0 fully saturated rings. The fourth-order valence-electron chi connectivity index (χ4n) is 3.52. The molecule has 3 N–H and O–H groups in total. The first-order valence-corrected chi connectivity index (χ1v) is 16.8. The number of rotatable bonds is 37. The average molecular weight is 768 g/mol. The van der Waals surface area contributed by atoms with Crippen LogP contribution in [0, 0.1) is 23.3 Å². The second kappa shape index (κ2) is 34.3. The minimum absolute atomic E-state index is 0.0434. The first kappa shape index (κ1) is 47.6. The molecule has 0 saturated carbocycles. The Kier molecular flexibility index (Phi) is 31.4. The molecule has 0 aliphatic rings. The van der Waals surface area contributed by atoms with Gasteiger partial charge in [0.2, 0.25) is 11.6 Å². The molecule has 1 aromatic carbocycles. The third-order valence-corrected chi connectivity index (χ3v) is 6.02. The molecule has 52 heavy (non-hydrogen) atoms. The van der Waals surface area contributed by atoms with Gasteiger partial charge in [-0.1, -0.05) is 0 Å². The first-order valence-electron chi connectivity index (χ1n) is 16.8.